The molecule has 0 saturated heterocycles. The van der Waals surface area contributed by atoms with Crippen LogP contribution in [0.25, 0.3) is 22.3 Å². The number of aryl methyl sites for hydroxylation is 1. The van der Waals surface area contributed by atoms with Gasteiger partial charge >= 0.3 is 0 Å². The number of aromatic nitrogens is 5. The van der Waals surface area contributed by atoms with Crippen molar-refractivity contribution in [3.8, 4) is 11.3 Å². The van der Waals surface area contributed by atoms with E-state index >= 15 is 0 Å². The molecule has 0 aliphatic rings. The predicted octanol–water partition coefficient (Wildman–Crippen LogP) is 1.77. The maximum atomic E-state index is 4.47. The summed E-state index contributed by atoms with van der Waals surface area (Å²) in [6, 6.07) is 3.96. The quantitative estimate of drug-likeness (QED) is 0.713. The summed E-state index contributed by atoms with van der Waals surface area (Å²) in [5.41, 5.74) is 3.46. The fraction of sp³-hybridized carbons (Fsp3) is 0.167. The lowest BCUT2D eigenvalue weighted by Crippen LogP contribution is -1.98. The van der Waals surface area contributed by atoms with Crippen LogP contribution in [0.3, 0.4) is 0 Å². The second-order valence-corrected chi connectivity index (χ2v) is 3.97. The molecule has 18 heavy (non-hydrogen) atoms. The van der Waals surface area contributed by atoms with Gasteiger partial charge < -0.3 is 5.32 Å². The van der Waals surface area contributed by atoms with Crippen LogP contribution >= 0.6 is 0 Å². The Balaban J connectivity index is 2.26. The van der Waals surface area contributed by atoms with Crippen molar-refractivity contribution in [2.24, 2.45) is 0 Å². The largest absolute Gasteiger partial charge is 0.357 e. The van der Waals surface area contributed by atoms with Crippen molar-refractivity contribution in [2.75, 3.05) is 12.4 Å². The highest BCUT2D eigenvalue weighted by atomic mass is 15.2. The maximum Gasteiger partial charge on any atom is 0.225 e. The molecule has 3 aromatic rings. The van der Waals surface area contributed by atoms with Gasteiger partial charge in [0.25, 0.3) is 0 Å². The van der Waals surface area contributed by atoms with Gasteiger partial charge in [-0.25, -0.2) is 4.98 Å². The number of aromatic amines is 1. The molecule has 0 fully saturated rings. The van der Waals surface area contributed by atoms with Crippen LogP contribution in [0.15, 0.2) is 24.5 Å². The van der Waals surface area contributed by atoms with Crippen LogP contribution in [-0.4, -0.2) is 32.2 Å². The molecule has 3 heterocycles. The molecule has 3 rings (SSSR count). The molecule has 3 aromatic heterocycles. The van der Waals surface area contributed by atoms with Crippen LogP contribution < -0.4 is 5.32 Å². The number of nitrogens with zero attached hydrogens (tertiary/aromatic N) is 4. The van der Waals surface area contributed by atoms with Gasteiger partial charge in [0, 0.05) is 24.5 Å². The molecule has 0 spiro atoms. The lowest BCUT2D eigenvalue weighted by Gasteiger charge is -2.05. The Kier molecular flexibility index (Phi) is 2.40. The van der Waals surface area contributed by atoms with Gasteiger partial charge in [-0.05, 0) is 19.1 Å². The Morgan fingerprint density at radius 3 is 2.78 bits per heavy atom. The highest BCUT2D eigenvalue weighted by molar-refractivity contribution is 5.90. The Hall–Kier alpha value is -2.50. The van der Waals surface area contributed by atoms with Gasteiger partial charge in [0.1, 0.15) is 0 Å². The average molecular weight is 240 g/mol. The van der Waals surface area contributed by atoms with Gasteiger partial charge in [0.15, 0.2) is 5.65 Å². The van der Waals surface area contributed by atoms with E-state index in [0.717, 1.165) is 22.3 Å². The van der Waals surface area contributed by atoms with Crippen molar-refractivity contribution >= 4 is 17.0 Å². The molecule has 6 heteroatoms. The monoisotopic (exact) mass is 240 g/mol. The summed E-state index contributed by atoms with van der Waals surface area (Å²) in [5, 5.41) is 10.7. The van der Waals surface area contributed by atoms with E-state index in [1.807, 2.05) is 25.3 Å². The molecule has 2 N–H and O–H groups in total. The van der Waals surface area contributed by atoms with Gasteiger partial charge in [0.2, 0.25) is 5.95 Å². The summed E-state index contributed by atoms with van der Waals surface area (Å²) in [7, 11) is 1.79. The number of nitrogens with one attached hydrogen (secondary N) is 2. The zero-order valence-corrected chi connectivity index (χ0v) is 10.1. The SMILES string of the molecule is CNc1nc(-c2ccc(C)nc2)c2cn[nH]c2n1. The lowest BCUT2D eigenvalue weighted by atomic mass is 10.1. The van der Waals surface area contributed by atoms with Crippen molar-refractivity contribution in [1.29, 1.82) is 0 Å². The van der Waals surface area contributed by atoms with Crippen molar-refractivity contribution in [3.05, 3.63) is 30.2 Å². The summed E-state index contributed by atoms with van der Waals surface area (Å²) in [4.78, 5) is 13.1. The first-order valence-corrected chi connectivity index (χ1v) is 5.60. The Labute approximate surface area is 104 Å². The van der Waals surface area contributed by atoms with Gasteiger partial charge in [0.05, 0.1) is 17.3 Å². The van der Waals surface area contributed by atoms with Crippen molar-refractivity contribution in [3.63, 3.8) is 0 Å². The first-order chi connectivity index (χ1) is 8.78. The minimum absolute atomic E-state index is 0.558. The topological polar surface area (TPSA) is 79.4 Å². The van der Waals surface area contributed by atoms with Gasteiger partial charge in [-0.1, -0.05) is 0 Å². The van der Waals surface area contributed by atoms with E-state index in [9.17, 15) is 0 Å². The maximum absolute atomic E-state index is 4.47. The van der Waals surface area contributed by atoms with E-state index in [4.69, 9.17) is 0 Å². The number of hydrogen-bond donors (Lipinski definition) is 2. The van der Waals surface area contributed by atoms with Gasteiger partial charge in [-0.3, -0.25) is 10.1 Å². The lowest BCUT2D eigenvalue weighted by molar-refractivity contribution is 1.09. The van der Waals surface area contributed by atoms with Crippen LogP contribution in [0.4, 0.5) is 5.95 Å². The van der Waals surface area contributed by atoms with E-state index in [1.54, 1.807) is 13.2 Å². The van der Waals surface area contributed by atoms with Crippen LogP contribution in [0, 0.1) is 6.92 Å². The number of fused-ring (bicyclic) bond motifs is 1. The molecule has 0 radical (unpaired) electrons. The fourth-order valence-electron chi connectivity index (χ4n) is 1.77. The second-order valence-electron chi connectivity index (χ2n) is 3.97. The molecular weight excluding hydrogens is 228 g/mol. The smallest absolute Gasteiger partial charge is 0.225 e. The van der Waals surface area contributed by atoms with E-state index in [1.165, 1.54) is 0 Å². The molecule has 0 aliphatic heterocycles. The van der Waals surface area contributed by atoms with Crippen LogP contribution in [0.1, 0.15) is 5.69 Å². The standard InChI is InChI=1S/C12H12N6/c1-7-3-4-8(5-14-7)10-9-6-15-18-11(9)17-12(13-2)16-10/h3-6H,1-2H3,(H2,13,15,16,17,18). The van der Waals surface area contributed by atoms with Crippen LogP contribution in [0.5, 0.6) is 0 Å². The highest BCUT2D eigenvalue weighted by Crippen LogP contribution is 2.25. The Morgan fingerprint density at radius 1 is 1.17 bits per heavy atom. The molecule has 6 nitrogen and oxygen atoms in total. The molecule has 0 unspecified atom stereocenters. The van der Waals surface area contributed by atoms with Crippen molar-refractivity contribution < 1.29 is 0 Å². The summed E-state index contributed by atoms with van der Waals surface area (Å²) in [6.07, 6.45) is 3.54. The van der Waals surface area contributed by atoms with Crippen molar-refractivity contribution in [1.82, 2.24) is 25.1 Å². The molecule has 0 saturated carbocycles. The van der Waals surface area contributed by atoms with Crippen LogP contribution in [0.2, 0.25) is 0 Å². The van der Waals surface area contributed by atoms with Crippen molar-refractivity contribution in [2.45, 2.75) is 6.92 Å². The first-order valence-electron chi connectivity index (χ1n) is 5.60. The third kappa shape index (κ3) is 1.67. The predicted molar refractivity (Wildman–Crippen MR) is 69.2 cm³/mol. The zero-order chi connectivity index (χ0) is 12.5. The molecule has 0 atom stereocenters. The third-order valence-corrected chi connectivity index (χ3v) is 2.72. The Bertz CT molecular complexity index is 685. The van der Waals surface area contributed by atoms with E-state index in [0.29, 0.717) is 11.6 Å². The molecule has 0 aromatic carbocycles. The molecule has 90 valence electrons. The summed E-state index contributed by atoms with van der Waals surface area (Å²) < 4.78 is 0. The summed E-state index contributed by atoms with van der Waals surface area (Å²) in [6.45, 7) is 1.95. The number of hydrogen-bond acceptors (Lipinski definition) is 5. The minimum atomic E-state index is 0.558. The third-order valence-electron chi connectivity index (χ3n) is 2.72. The minimum Gasteiger partial charge on any atom is -0.357 e. The molecular formula is C12H12N6. The first kappa shape index (κ1) is 10.6. The Morgan fingerprint density at radius 2 is 2.06 bits per heavy atom. The number of pyridine rings is 1. The zero-order valence-electron chi connectivity index (χ0n) is 10.1. The highest BCUT2D eigenvalue weighted by Gasteiger charge is 2.10. The van der Waals surface area contributed by atoms with Crippen LogP contribution in [-0.2, 0) is 0 Å². The number of H-pyrrole nitrogens is 1. The normalized spacial score (nSPS) is 10.8. The number of rotatable bonds is 2. The molecule has 0 bridgehead atoms. The van der Waals surface area contributed by atoms with Gasteiger partial charge in [-0.15, -0.1) is 0 Å². The number of anilines is 1. The van der Waals surface area contributed by atoms with E-state index in [-0.39, 0.29) is 0 Å². The van der Waals surface area contributed by atoms with E-state index in [2.05, 4.69) is 30.5 Å². The fourth-order valence-corrected chi connectivity index (χ4v) is 1.77. The molecule has 0 aliphatic carbocycles. The molecule has 0 amide bonds. The van der Waals surface area contributed by atoms with Gasteiger partial charge in [-0.2, -0.15) is 10.1 Å². The van der Waals surface area contributed by atoms with E-state index < -0.39 is 0 Å². The average Bonchev–Trinajstić information content (AvgIpc) is 2.86. The summed E-state index contributed by atoms with van der Waals surface area (Å²) >= 11 is 0. The summed E-state index contributed by atoms with van der Waals surface area (Å²) in [5.74, 6) is 0.558. The second kappa shape index (κ2) is 4.06.